The number of pyridine rings is 1. The van der Waals surface area contributed by atoms with Gasteiger partial charge in [-0.25, -0.2) is 4.40 Å². The molecule has 0 amide bonds. The second kappa shape index (κ2) is 3.90. The Hall–Kier alpha value is -1.79. The Morgan fingerprint density at radius 2 is 2.00 bits per heavy atom. The highest BCUT2D eigenvalue weighted by Crippen LogP contribution is 2.33. The molecule has 0 saturated carbocycles. The molecule has 0 fully saturated rings. The van der Waals surface area contributed by atoms with Gasteiger partial charge in [0, 0.05) is 0 Å². The van der Waals surface area contributed by atoms with E-state index in [2.05, 4.69) is 10.2 Å². The molecule has 0 aromatic carbocycles. The summed E-state index contributed by atoms with van der Waals surface area (Å²) in [5.41, 5.74) is -1.05. The van der Waals surface area contributed by atoms with Crippen LogP contribution in [0.2, 0.25) is 0 Å². The number of hydrogen-bond donors (Lipinski definition) is 0. The quantitative estimate of drug-likeness (QED) is 0.815. The highest BCUT2D eigenvalue weighted by atomic mass is 19.4. The molecule has 7 heteroatoms. The van der Waals surface area contributed by atoms with E-state index in [1.165, 1.54) is 10.5 Å². The van der Waals surface area contributed by atoms with Crippen molar-refractivity contribution in [3.63, 3.8) is 0 Å². The first-order chi connectivity index (χ1) is 7.95. The van der Waals surface area contributed by atoms with Crippen LogP contribution in [-0.4, -0.2) is 21.2 Å². The van der Waals surface area contributed by atoms with E-state index in [4.69, 9.17) is 4.74 Å². The van der Waals surface area contributed by atoms with E-state index in [9.17, 15) is 13.2 Å². The van der Waals surface area contributed by atoms with Crippen LogP contribution in [0.25, 0.3) is 5.65 Å². The molecule has 0 radical (unpaired) electrons. The number of aryl methyl sites for hydroxylation is 1. The van der Waals surface area contributed by atoms with Gasteiger partial charge in [-0.1, -0.05) is 0 Å². The Labute approximate surface area is 95.0 Å². The molecule has 0 spiro atoms. The first-order valence-electron chi connectivity index (χ1n) is 5.00. The van der Waals surface area contributed by atoms with E-state index in [0.717, 1.165) is 6.07 Å². The number of aromatic nitrogens is 3. The van der Waals surface area contributed by atoms with Crippen molar-refractivity contribution in [3.8, 4) is 5.88 Å². The molecule has 0 unspecified atom stereocenters. The molecular formula is C10H10F3N3O. The third-order valence-electron chi connectivity index (χ3n) is 2.28. The molecule has 2 rings (SSSR count). The minimum absolute atomic E-state index is 0.235. The van der Waals surface area contributed by atoms with Crippen molar-refractivity contribution in [2.45, 2.75) is 20.0 Å². The number of nitrogens with zero attached hydrogens (tertiary/aromatic N) is 3. The van der Waals surface area contributed by atoms with Crippen molar-refractivity contribution in [1.82, 2.24) is 14.6 Å². The van der Waals surface area contributed by atoms with Gasteiger partial charge in [-0.15, -0.1) is 10.2 Å². The SMILES string of the molecule is CCOc1ccc(C(F)(F)F)c2nnc(C)n12. The topological polar surface area (TPSA) is 39.4 Å². The summed E-state index contributed by atoms with van der Waals surface area (Å²) in [6.45, 7) is 3.68. The summed E-state index contributed by atoms with van der Waals surface area (Å²) < 4.78 is 44.7. The minimum Gasteiger partial charge on any atom is -0.479 e. The van der Waals surface area contributed by atoms with Crippen LogP contribution in [0.4, 0.5) is 13.2 Å². The Morgan fingerprint density at radius 3 is 2.59 bits per heavy atom. The fourth-order valence-corrected chi connectivity index (χ4v) is 1.59. The summed E-state index contributed by atoms with van der Waals surface area (Å²) >= 11 is 0. The van der Waals surface area contributed by atoms with Gasteiger partial charge in [-0.3, -0.25) is 0 Å². The highest BCUT2D eigenvalue weighted by molar-refractivity contribution is 5.52. The molecule has 0 bridgehead atoms. The predicted octanol–water partition coefficient (Wildman–Crippen LogP) is 2.46. The molecular weight excluding hydrogens is 235 g/mol. The third-order valence-corrected chi connectivity index (χ3v) is 2.28. The van der Waals surface area contributed by atoms with Crippen LogP contribution in [0.3, 0.4) is 0 Å². The Morgan fingerprint density at radius 1 is 1.29 bits per heavy atom. The summed E-state index contributed by atoms with van der Waals surface area (Å²) in [7, 11) is 0. The number of fused-ring (bicyclic) bond motifs is 1. The summed E-state index contributed by atoms with van der Waals surface area (Å²) in [6, 6.07) is 2.23. The maximum atomic E-state index is 12.7. The zero-order valence-electron chi connectivity index (χ0n) is 9.25. The fraction of sp³-hybridized carbons (Fsp3) is 0.400. The molecule has 2 heterocycles. The summed E-state index contributed by atoms with van der Waals surface area (Å²) in [6.07, 6.45) is -4.45. The van der Waals surface area contributed by atoms with Crippen molar-refractivity contribution in [1.29, 1.82) is 0 Å². The lowest BCUT2D eigenvalue weighted by Gasteiger charge is -2.11. The van der Waals surface area contributed by atoms with Gasteiger partial charge in [0.25, 0.3) is 0 Å². The van der Waals surface area contributed by atoms with Crippen LogP contribution in [-0.2, 0) is 6.18 Å². The van der Waals surface area contributed by atoms with Crippen LogP contribution < -0.4 is 4.74 Å². The van der Waals surface area contributed by atoms with Crippen molar-refractivity contribution in [3.05, 3.63) is 23.5 Å². The molecule has 17 heavy (non-hydrogen) atoms. The smallest absolute Gasteiger partial charge is 0.420 e. The average molecular weight is 245 g/mol. The number of hydrogen-bond acceptors (Lipinski definition) is 3. The zero-order valence-corrected chi connectivity index (χ0v) is 9.25. The van der Waals surface area contributed by atoms with Gasteiger partial charge < -0.3 is 4.74 Å². The molecule has 4 nitrogen and oxygen atoms in total. The summed E-state index contributed by atoms with van der Waals surface area (Å²) in [4.78, 5) is 0. The zero-order chi connectivity index (χ0) is 12.6. The van der Waals surface area contributed by atoms with Gasteiger partial charge in [0.05, 0.1) is 6.61 Å². The lowest BCUT2D eigenvalue weighted by atomic mass is 10.2. The van der Waals surface area contributed by atoms with E-state index >= 15 is 0 Å². The largest absolute Gasteiger partial charge is 0.479 e. The Bertz CT molecular complexity index is 547. The molecule has 0 N–H and O–H groups in total. The van der Waals surface area contributed by atoms with Gasteiger partial charge in [0.2, 0.25) is 5.88 Å². The molecule has 2 aromatic heterocycles. The van der Waals surface area contributed by atoms with Crippen molar-refractivity contribution in [2.24, 2.45) is 0 Å². The van der Waals surface area contributed by atoms with Crippen LogP contribution in [0.1, 0.15) is 18.3 Å². The lowest BCUT2D eigenvalue weighted by molar-refractivity contribution is -0.136. The second-order valence-corrected chi connectivity index (χ2v) is 3.42. The van der Waals surface area contributed by atoms with E-state index < -0.39 is 11.7 Å². The monoisotopic (exact) mass is 245 g/mol. The van der Waals surface area contributed by atoms with E-state index in [0.29, 0.717) is 18.3 Å². The summed E-state index contributed by atoms with van der Waals surface area (Å²) in [5.74, 6) is 0.660. The fourth-order valence-electron chi connectivity index (χ4n) is 1.59. The van der Waals surface area contributed by atoms with Crippen LogP contribution >= 0.6 is 0 Å². The highest BCUT2D eigenvalue weighted by Gasteiger charge is 2.35. The molecule has 0 aliphatic rings. The summed E-state index contributed by atoms with van der Waals surface area (Å²) in [5, 5.41) is 7.19. The molecule has 0 saturated heterocycles. The molecule has 92 valence electrons. The first-order valence-corrected chi connectivity index (χ1v) is 5.00. The molecule has 0 aliphatic heterocycles. The number of rotatable bonds is 2. The maximum absolute atomic E-state index is 12.7. The normalized spacial score (nSPS) is 12.1. The molecule has 0 atom stereocenters. The van der Waals surface area contributed by atoms with Gasteiger partial charge in [0.1, 0.15) is 11.4 Å². The second-order valence-electron chi connectivity index (χ2n) is 3.42. The number of alkyl halides is 3. The van der Waals surface area contributed by atoms with Gasteiger partial charge >= 0.3 is 6.18 Å². The van der Waals surface area contributed by atoms with Crippen molar-refractivity contribution in [2.75, 3.05) is 6.61 Å². The van der Waals surface area contributed by atoms with E-state index in [1.54, 1.807) is 13.8 Å². The van der Waals surface area contributed by atoms with Gasteiger partial charge in [-0.2, -0.15) is 13.2 Å². The third kappa shape index (κ3) is 1.92. The first kappa shape index (κ1) is 11.7. The van der Waals surface area contributed by atoms with Crippen molar-refractivity contribution >= 4 is 5.65 Å². The van der Waals surface area contributed by atoms with Crippen LogP contribution in [0.5, 0.6) is 5.88 Å². The van der Waals surface area contributed by atoms with Crippen LogP contribution in [0, 0.1) is 6.92 Å². The molecule has 0 aliphatic carbocycles. The minimum atomic E-state index is -4.45. The Balaban J connectivity index is 2.72. The standard InChI is InChI=1S/C10H10F3N3O/c1-3-17-8-5-4-7(10(11,12)13)9-15-14-6(2)16(8)9/h4-5H,3H2,1-2H3. The predicted molar refractivity (Wildman–Crippen MR) is 53.9 cm³/mol. The molecule has 2 aromatic rings. The van der Waals surface area contributed by atoms with Gasteiger partial charge in [-0.05, 0) is 26.0 Å². The number of ether oxygens (including phenoxy) is 1. The van der Waals surface area contributed by atoms with Gasteiger partial charge in [0.15, 0.2) is 5.65 Å². The van der Waals surface area contributed by atoms with Crippen LogP contribution in [0.15, 0.2) is 12.1 Å². The number of halogens is 3. The Kier molecular flexibility index (Phi) is 2.68. The lowest BCUT2D eigenvalue weighted by Crippen LogP contribution is -2.09. The average Bonchev–Trinajstić information content (AvgIpc) is 2.60. The van der Waals surface area contributed by atoms with Crippen molar-refractivity contribution < 1.29 is 17.9 Å². The van der Waals surface area contributed by atoms with E-state index in [-0.39, 0.29) is 5.65 Å². The van der Waals surface area contributed by atoms with E-state index in [1.807, 2.05) is 0 Å². The maximum Gasteiger partial charge on any atom is 0.420 e.